The smallest absolute Gasteiger partial charge is 0.460 e. The lowest BCUT2D eigenvalue weighted by atomic mass is 9.85. The largest absolute Gasteiger partial charge is 0.514 e. The Labute approximate surface area is 272 Å². The fraction of sp³-hybridized carbons (Fsp3) is 0.486. The number of carbonyl (C=O) groups is 4. The third-order valence-electron chi connectivity index (χ3n) is 7.93. The van der Waals surface area contributed by atoms with Crippen LogP contribution in [0.2, 0.25) is 0 Å². The molecule has 0 saturated carbocycles. The van der Waals surface area contributed by atoms with Crippen molar-refractivity contribution in [3.05, 3.63) is 56.9 Å². The Morgan fingerprint density at radius 2 is 1.62 bits per heavy atom. The van der Waals surface area contributed by atoms with Gasteiger partial charge >= 0.3 is 24.1 Å². The van der Waals surface area contributed by atoms with E-state index in [0.717, 1.165) is 16.5 Å². The molecule has 0 bridgehead atoms. The molecule has 2 aromatic heterocycles. The number of ether oxygens (including phenoxy) is 5. The molecule has 3 aromatic rings. The summed E-state index contributed by atoms with van der Waals surface area (Å²) >= 11 is 0. The molecule has 250 valence electrons. The van der Waals surface area contributed by atoms with Crippen molar-refractivity contribution in [1.29, 1.82) is 0 Å². The number of cyclic esters (lactones) is 1. The highest BCUT2D eigenvalue weighted by Crippen LogP contribution is 2.42. The number of esters is 3. The fourth-order valence-electron chi connectivity index (χ4n) is 5.97. The van der Waals surface area contributed by atoms with Crippen molar-refractivity contribution in [2.24, 2.45) is 0 Å². The maximum absolute atomic E-state index is 14.0. The van der Waals surface area contributed by atoms with E-state index < -0.39 is 40.9 Å². The maximum Gasteiger partial charge on any atom is 0.514 e. The SMILES string of the molecule is CCc1c2c(nc3ccc(OC(=O)OC(C)(C)C)cc13)-c1cc3c(c(=O)n1C2)COC(=O)[C@@]3(CC)OC(=O)CCC(=O)OC(C)(C)C. The summed E-state index contributed by atoms with van der Waals surface area (Å²) in [7, 11) is 0. The summed E-state index contributed by atoms with van der Waals surface area (Å²) in [5, 5.41) is 0.762. The topological polar surface area (TPSA) is 149 Å². The first-order valence-electron chi connectivity index (χ1n) is 15.7. The number of hydrogen-bond acceptors (Lipinski definition) is 11. The molecule has 0 radical (unpaired) electrons. The Morgan fingerprint density at radius 1 is 0.936 bits per heavy atom. The second-order valence-corrected chi connectivity index (χ2v) is 13.6. The molecule has 0 saturated heterocycles. The Hall–Kier alpha value is -4.74. The molecule has 0 fully saturated rings. The van der Waals surface area contributed by atoms with E-state index in [2.05, 4.69) is 0 Å². The Kier molecular flexibility index (Phi) is 8.67. The third kappa shape index (κ3) is 6.59. The average Bonchev–Trinajstić information content (AvgIpc) is 3.33. The van der Waals surface area contributed by atoms with Crippen molar-refractivity contribution in [1.82, 2.24) is 9.55 Å². The molecule has 5 rings (SSSR count). The summed E-state index contributed by atoms with van der Waals surface area (Å²) in [5.41, 5.74) is 0.148. The highest BCUT2D eigenvalue weighted by molar-refractivity contribution is 5.91. The highest BCUT2D eigenvalue weighted by Gasteiger charge is 2.50. The van der Waals surface area contributed by atoms with E-state index in [-0.39, 0.29) is 49.1 Å². The molecule has 4 heterocycles. The number of hydrogen-bond donors (Lipinski definition) is 0. The number of aryl methyl sites for hydroxylation is 1. The van der Waals surface area contributed by atoms with Gasteiger partial charge in [0.2, 0.25) is 5.60 Å². The van der Waals surface area contributed by atoms with Crippen LogP contribution in [-0.2, 0) is 58.5 Å². The first-order chi connectivity index (χ1) is 22.0. The number of benzene rings is 1. The molecule has 1 atom stereocenters. The first kappa shape index (κ1) is 33.6. The molecule has 1 aromatic carbocycles. The van der Waals surface area contributed by atoms with Gasteiger partial charge in [-0.1, -0.05) is 13.8 Å². The van der Waals surface area contributed by atoms with Crippen molar-refractivity contribution >= 4 is 35.0 Å². The molecule has 2 aliphatic rings. The summed E-state index contributed by atoms with van der Waals surface area (Å²) in [6.07, 6.45) is -0.790. The lowest BCUT2D eigenvalue weighted by Gasteiger charge is -2.35. The van der Waals surface area contributed by atoms with Crippen LogP contribution in [0, 0.1) is 0 Å². The Balaban J connectivity index is 1.53. The fourth-order valence-corrected chi connectivity index (χ4v) is 5.97. The van der Waals surface area contributed by atoms with Gasteiger partial charge in [0, 0.05) is 16.5 Å². The summed E-state index contributed by atoms with van der Waals surface area (Å²) in [6.45, 7) is 14.0. The van der Waals surface area contributed by atoms with E-state index in [1.165, 1.54) is 0 Å². The van der Waals surface area contributed by atoms with Crippen LogP contribution in [0.3, 0.4) is 0 Å². The molecule has 0 amide bonds. The van der Waals surface area contributed by atoms with E-state index >= 15 is 0 Å². The lowest BCUT2D eigenvalue weighted by Crippen LogP contribution is -2.47. The highest BCUT2D eigenvalue weighted by atomic mass is 16.7. The molecular formula is C35H40N2O10. The van der Waals surface area contributed by atoms with Gasteiger partial charge in [-0.05, 0) is 84.2 Å². The van der Waals surface area contributed by atoms with Crippen LogP contribution in [0.1, 0.15) is 96.9 Å². The molecule has 0 N–H and O–H groups in total. The zero-order chi connectivity index (χ0) is 34.5. The Morgan fingerprint density at radius 3 is 2.26 bits per heavy atom. The van der Waals surface area contributed by atoms with Gasteiger partial charge in [-0.3, -0.25) is 14.4 Å². The van der Waals surface area contributed by atoms with Crippen LogP contribution >= 0.6 is 0 Å². The van der Waals surface area contributed by atoms with Gasteiger partial charge in [-0.2, -0.15) is 0 Å². The maximum atomic E-state index is 14.0. The minimum atomic E-state index is -1.88. The van der Waals surface area contributed by atoms with Crippen molar-refractivity contribution in [2.75, 3.05) is 0 Å². The van der Waals surface area contributed by atoms with E-state index in [1.807, 2.05) is 6.92 Å². The van der Waals surface area contributed by atoms with Crippen LogP contribution in [0.15, 0.2) is 29.1 Å². The predicted octanol–water partition coefficient (Wildman–Crippen LogP) is 5.63. The number of pyridine rings is 2. The summed E-state index contributed by atoms with van der Waals surface area (Å²) < 4.78 is 28.8. The average molecular weight is 649 g/mol. The number of rotatable bonds is 7. The van der Waals surface area contributed by atoms with Gasteiger partial charge in [-0.15, -0.1) is 0 Å². The van der Waals surface area contributed by atoms with Gasteiger partial charge in [0.25, 0.3) is 5.56 Å². The molecule has 0 aliphatic carbocycles. The molecule has 0 spiro atoms. The lowest BCUT2D eigenvalue weighted by molar-refractivity contribution is -0.190. The molecule has 2 aliphatic heterocycles. The minimum Gasteiger partial charge on any atom is -0.460 e. The molecule has 0 unspecified atom stereocenters. The zero-order valence-corrected chi connectivity index (χ0v) is 28.0. The number of carbonyl (C=O) groups excluding carboxylic acids is 4. The molecule has 12 nitrogen and oxygen atoms in total. The Bertz CT molecular complexity index is 1860. The molecule has 47 heavy (non-hydrogen) atoms. The van der Waals surface area contributed by atoms with Crippen molar-refractivity contribution in [3.63, 3.8) is 0 Å². The molecular weight excluding hydrogens is 608 g/mol. The summed E-state index contributed by atoms with van der Waals surface area (Å²) in [4.78, 5) is 69.8. The van der Waals surface area contributed by atoms with Crippen LogP contribution in [-0.4, -0.2) is 44.8 Å². The van der Waals surface area contributed by atoms with Gasteiger partial charge < -0.3 is 28.3 Å². The van der Waals surface area contributed by atoms with Gasteiger partial charge in [0.15, 0.2) is 0 Å². The zero-order valence-electron chi connectivity index (χ0n) is 28.0. The van der Waals surface area contributed by atoms with E-state index in [4.69, 9.17) is 28.7 Å². The van der Waals surface area contributed by atoms with E-state index in [0.29, 0.717) is 29.1 Å². The van der Waals surface area contributed by atoms with Crippen LogP contribution in [0.25, 0.3) is 22.3 Å². The standard InChI is InChI=1S/C35H40N2O10/c1-9-20-21-15-19(44-32(42)47-34(6,7)8)11-12-25(21)36-29-22(20)17-37-26(29)16-24-23(30(37)40)18-43-31(41)35(24,10-2)46-28(39)14-13-27(38)45-33(3,4)5/h11-12,15-16H,9-10,13-14,17-18H2,1-8H3/t35-/m0/s1. The van der Waals surface area contributed by atoms with Crippen molar-refractivity contribution in [3.8, 4) is 17.1 Å². The summed E-state index contributed by atoms with van der Waals surface area (Å²) in [6, 6.07) is 6.77. The van der Waals surface area contributed by atoms with Gasteiger partial charge in [0.05, 0.1) is 41.9 Å². The van der Waals surface area contributed by atoms with Crippen LogP contribution < -0.4 is 10.3 Å². The quantitative estimate of drug-likeness (QED) is 0.139. The van der Waals surface area contributed by atoms with E-state index in [9.17, 15) is 24.0 Å². The van der Waals surface area contributed by atoms with E-state index in [1.54, 1.807) is 77.3 Å². The predicted molar refractivity (Wildman–Crippen MR) is 170 cm³/mol. The monoisotopic (exact) mass is 648 g/mol. The third-order valence-corrected chi connectivity index (χ3v) is 7.93. The second-order valence-electron chi connectivity index (χ2n) is 13.6. The number of fused-ring (bicyclic) bond motifs is 5. The summed E-state index contributed by atoms with van der Waals surface area (Å²) in [5.74, 6) is -1.87. The minimum absolute atomic E-state index is 0.00144. The van der Waals surface area contributed by atoms with Gasteiger partial charge in [0.1, 0.15) is 23.6 Å². The van der Waals surface area contributed by atoms with Crippen molar-refractivity contribution in [2.45, 2.75) is 111 Å². The molecule has 12 heteroatoms. The van der Waals surface area contributed by atoms with Gasteiger partial charge in [-0.25, -0.2) is 14.6 Å². The first-order valence-corrected chi connectivity index (χ1v) is 15.7. The number of nitrogens with zero attached hydrogens (tertiary/aromatic N) is 2. The second kappa shape index (κ2) is 12.1. The normalized spacial score (nSPS) is 16.9. The van der Waals surface area contributed by atoms with Crippen LogP contribution in [0.4, 0.5) is 4.79 Å². The van der Waals surface area contributed by atoms with Crippen LogP contribution in [0.5, 0.6) is 5.75 Å². The number of aromatic nitrogens is 2. The van der Waals surface area contributed by atoms with Crippen molar-refractivity contribution < 1.29 is 42.9 Å².